The summed E-state index contributed by atoms with van der Waals surface area (Å²) in [5, 5.41) is 4.34. The summed E-state index contributed by atoms with van der Waals surface area (Å²) in [6.45, 7) is 3.91. The number of hydrogen-bond acceptors (Lipinski definition) is 4. The molecule has 0 aromatic heterocycles. The van der Waals surface area contributed by atoms with Crippen LogP contribution in [0.2, 0.25) is 5.02 Å². The molecular weight excluding hydrogens is 286 g/mol. The lowest BCUT2D eigenvalue weighted by atomic mass is 10.2. The molecule has 0 amide bonds. The summed E-state index contributed by atoms with van der Waals surface area (Å²) in [5.74, 6) is 0.967. The fourth-order valence-electron chi connectivity index (χ4n) is 1.27. The van der Waals surface area contributed by atoms with Gasteiger partial charge >= 0.3 is 0 Å². The molecule has 1 aromatic rings. The van der Waals surface area contributed by atoms with Gasteiger partial charge in [-0.3, -0.25) is 5.43 Å². The van der Waals surface area contributed by atoms with Crippen LogP contribution in [0.15, 0.2) is 29.9 Å². The van der Waals surface area contributed by atoms with Crippen LogP contribution >= 0.6 is 23.8 Å². The smallest absolute Gasteiger partial charge is 0.184 e. The number of benzene rings is 1. The molecule has 1 rings (SSSR count). The van der Waals surface area contributed by atoms with E-state index in [1.165, 1.54) is 13.3 Å². The van der Waals surface area contributed by atoms with E-state index >= 15 is 0 Å². The Hall–Kier alpha value is -1.79. The van der Waals surface area contributed by atoms with Crippen molar-refractivity contribution < 1.29 is 9.47 Å². The van der Waals surface area contributed by atoms with Crippen molar-refractivity contribution >= 4 is 35.1 Å². The number of nitrogens with zero attached hydrogens (tertiary/aromatic N) is 1. The zero-order chi connectivity index (χ0) is 14.3. The Kier molecular flexibility index (Phi) is 6.11. The van der Waals surface area contributed by atoms with Crippen LogP contribution in [0.25, 0.3) is 0 Å². The molecule has 0 atom stereocenters. The van der Waals surface area contributed by atoms with E-state index in [0.717, 1.165) is 5.56 Å². The van der Waals surface area contributed by atoms with Crippen molar-refractivity contribution in [3.05, 3.63) is 35.4 Å². The van der Waals surface area contributed by atoms with Crippen LogP contribution in [0, 0.1) is 0 Å². The van der Waals surface area contributed by atoms with Crippen molar-refractivity contribution in [1.29, 1.82) is 0 Å². The zero-order valence-corrected chi connectivity index (χ0v) is 11.9. The van der Waals surface area contributed by atoms with E-state index in [9.17, 15) is 0 Å². The number of hydrazone groups is 1. The highest BCUT2D eigenvalue weighted by molar-refractivity contribution is 7.80. The first-order valence-electron chi connectivity index (χ1n) is 5.28. The molecule has 0 saturated carbocycles. The average Bonchev–Trinajstić information content (AvgIpc) is 2.36. The number of halogens is 1. The van der Waals surface area contributed by atoms with Crippen molar-refractivity contribution in [2.75, 3.05) is 13.7 Å². The van der Waals surface area contributed by atoms with E-state index in [1.807, 2.05) is 0 Å². The Balaban J connectivity index is 2.98. The Morgan fingerprint density at radius 3 is 2.95 bits per heavy atom. The lowest BCUT2D eigenvalue weighted by Gasteiger charge is -2.11. The first kappa shape index (κ1) is 15.3. The van der Waals surface area contributed by atoms with Gasteiger partial charge in [-0.15, -0.1) is 0 Å². The van der Waals surface area contributed by atoms with Crippen LogP contribution in [0.5, 0.6) is 11.5 Å². The minimum atomic E-state index is 0.0836. The molecule has 0 saturated heterocycles. The van der Waals surface area contributed by atoms with Gasteiger partial charge in [0.25, 0.3) is 0 Å². The molecule has 0 bridgehead atoms. The molecule has 0 heterocycles. The summed E-state index contributed by atoms with van der Waals surface area (Å²) >= 11 is 10.7. The summed E-state index contributed by atoms with van der Waals surface area (Å²) in [5.41, 5.74) is 8.42. The second-order valence-electron chi connectivity index (χ2n) is 3.37. The van der Waals surface area contributed by atoms with Gasteiger partial charge in [-0.25, -0.2) is 0 Å². The number of nitrogens with two attached hydrogens (primary N) is 1. The second-order valence-corrected chi connectivity index (χ2v) is 4.22. The monoisotopic (exact) mass is 299 g/mol. The molecule has 0 aliphatic carbocycles. The molecule has 0 aliphatic rings. The fourth-order valence-corrected chi connectivity index (χ4v) is 1.59. The SMILES string of the molecule is C=CCOc1c(Cl)cc(C=NNC(N)=S)cc1OC. The van der Waals surface area contributed by atoms with Gasteiger partial charge in [-0.2, -0.15) is 5.10 Å². The maximum absolute atomic E-state index is 6.12. The minimum absolute atomic E-state index is 0.0836. The largest absolute Gasteiger partial charge is 0.493 e. The van der Waals surface area contributed by atoms with E-state index in [0.29, 0.717) is 23.1 Å². The third kappa shape index (κ3) is 4.76. The first-order valence-corrected chi connectivity index (χ1v) is 6.06. The molecule has 5 nitrogen and oxygen atoms in total. The van der Waals surface area contributed by atoms with Gasteiger partial charge in [0, 0.05) is 0 Å². The molecule has 3 N–H and O–H groups in total. The van der Waals surface area contributed by atoms with Crippen LogP contribution < -0.4 is 20.6 Å². The summed E-state index contributed by atoms with van der Waals surface area (Å²) in [7, 11) is 1.53. The molecule has 0 radical (unpaired) electrons. The molecule has 0 aliphatic heterocycles. The zero-order valence-electron chi connectivity index (χ0n) is 10.4. The quantitative estimate of drug-likeness (QED) is 0.364. The maximum atomic E-state index is 6.12. The molecule has 19 heavy (non-hydrogen) atoms. The van der Waals surface area contributed by atoms with Crippen LogP contribution in [0.4, 0.5) is 0 Å². The van der Waals surface area contributed by atoms with Crippen molar-refractivity contribution in [3.8, 4) is 11.5 Å². The summed E-state index contributed by atoms with van der Waals surface area (Å²) in [6, 6.07) is 3.42. The summed E-state index contributed by atoms with van der Waals surface area (Å²) < 4.78 is 10.6. The predicted molar refractivity (Wildman–Crippen MR) is 81.2 cm³/mol. The normalized spacial score (nSPS) is 10.2. The van der Waals surface area contributed by atoms with Crippen molar-refractivity contribution in [3.63, 3.8) is 0 Å². The first-order chi connectivity index (χ1) is 9.08. The summed E-state index contributed by atoms with van der Waals surface area (Å²) in [4.78, 5) is 0. The number of hydrogen-bond donors (Lipinski definition) is 2. The van der Waals surface area contributed by atoms with Crippen LogP contribution in [0.3, 0.4) is 0 Å². The summed E-state index contributed by atoms with van der Waals surface area (Å²) in [6.07, 6.45) is 3.14. The van der Waals surface area contributed by atoms with Gasteiger partial charge < -0.3 is 15.2 Å². The standard InChI is InChI=1S/C12H14ClN3O2S/c1-3-4-18-11-9(13)5-8(6-10(11)17-2)7-15-16-12(14)19/h3,5-7H,1,4H2,2H3,(H3,14,16,19). The lowest BCUT2D eigenvalue weighted by molar-refractivity contribution is 0.326. The highest BCUT2D eigenvalue weighted by Gasteiger charge is 2.10. The Morgan fingerprint density at radius 1 is 1.63 bits per heavy atom. The minimum Gasteiger partial charge on any atom is -0.493 e. The van der Waals surface area contributed by atoms with E-state index in [2.05, 4.69) is 29.3 Å². The molecular formula is C12H14ClN3O2S. The molecule has 0 unspecified atom stereocenters. The van der Waals surface area contributed by atoms with Gasteiger partial charge in [0.05, 0.1) is 18.3 Å². The maximum Gasteiger partial charge on any atom is 0.184 e. The van der Waals surface area contributed by atoms with E-state index in [4.69, 9.17) is 26.8 Å². The van der Waals surface area contributed by atoms with Crippen LogP contribution in [-0.2, 0) is 0 Å². The molecule has 102 valence electrons. The average molecular weight is 300 g/mol. The fraction of sp³-hybridized carbons (Fsp3) is 0.167. The molecule has 7 heteroatoms. The van der Waals surface area contributed by atoms with Crippen molar-refractivity contribution in [2.45, 2.75) is 0 Å². The van der Waals surface area contributed by atoms with E-state index < -0.39 is 0 Å². The highest BCUT2D eigenvalue weighted by atomic mass is 35.5. The molecule has 0 spiro atoms. The van der Waals surface area contributed by atoms with Crippen molar-refractivity contribution in [1.82, 2.24) is 5.43 Å². The topological polar surface area (TPSA) is 68.9 Å². The van der Waals surface area contributed by atoms with Crippen LogP contribution in [0.1, 0.15) is 5.56 Å². The Labute approximate surface area is 122 Å². The molecule has 1 aromatic carbocycles. The van der Waals surface area contributed by atoms with Gasteiger partial charge in [0.1, 0.15) is 6.61 Å². The predicted octanol–water partition coefficient (Wildman–Crippen LogP) is 2.08. The number of nitrogens with one attached hydrogen (secondary N) is 1. The Morgan fingerprint density at radius 2 is 2.37 bits per heavy atom. The molecule has 0 fully saturated rings. The number of ether oxygens (including phenoxy) is 2. The van der Waals surface area contributed by atoms with E-state index in [-0.39, 0.29) is 5.11 Å². The number of methoxy groups -OCH3 is 1. The van der Waals surface area contributed by atoms with Gasteiger partial charge in [-0.05, 0) is 29.9 Å². The van der Waals surface area contributed by atoms with Crippen LogP contribution in [-0.4, -0.2) is 25.0 Å². The highest BCUT2D eigenvalue weighted by Crippen LogP contribution is 2.35. The third-order valence-electron chi connectivity index (χ3n) is 1.99. The Bertz CT molecular complexity index is 506. The van der Waals surface area contributed by atoms with Gasteiger partial charge in [-0.1, -0.05) is 24.3 Å². The third-order valence-corrected chi connectivity index (χ3v) is 2.36. The number of rotatable bonds is 6. The van der Waals surface area contributed by atoms with Gasteiger partial charge in [0.2, 0.25) is 0 Å². The lowest BCUT2D eigenvalue weighted by Crippen LogP contribution is -2.23. The van der Waals surface area contributed by atoms with Gasteiger partial charge in [0.15, 0.2) is 16.6 Å². The van der Waals surface area contributed by atoms with Crippen molar-refractivity contribution in [2.24, 2.45) is 10.8 Å². The number of thiocarbonyl (C=S) groups is 1. The second kappa shape index (κ2) is 7.60. The van der Waals surface area contributed by atoms with E-state index in [1.54, 1.807) is 18.2 Å².